The van der Waals surface area contributed by atoms with E-state index in [1.807, 2.05) is 31.2 Å². The van der Waals surface area contributed by atoms with Crippen molar-refractivity contribution in [3.63, 3.8) is 0 Å². The molecule has 1 aliphatic rings. The lowest BCUT2D eigenvalue weighted by Crippen LogP contribution is -2.45. The van der Waals surface area contributed by atoms with Crippen LogP contribution in [-0.2, 0) is 9.84 Å². The SMILES string of the molecule is CCN(C(=O)N/C=C/c1ccc(OC)cc1)C1CCS(=O)(=O)C1. The number of benzene rings is 1. The molecule has 0 spiro atoms. The van der Waals surface area contributed by atoms with Crippen LogP contribution >= 0.6 is 0 Å². The van der Waals surface area contributed by atoms with Crippen LogP contribution in [0.4, 0.5) is 4.79 Å². The van der Waals surface area contributed by atoms with Crippen molar-refractivity contribution in [1.82, 2.24) is 10.2 Å². The van der Waals surface area contributed by atoms with Gasteiger partial charge >= 0.3 is 6.03 Å². The van der Waals surface area contributed by atoms with Crippen LogP contribution in [0.2, 0.25) is 0 Å². The summed E-state index contributed by atoms with van der Waals surface area (Å²) in [6.07, 6.45) is 3.85. The third-order valence-corrected chi connectivity index (χ3v) is 5.60. The predicted molar refractivity (Wildman–Crippen MR) is 90.0 cm³/mol. The van der Waals surface area contributed by atoms with Gasteiger partial charge in [0.05, 0.1) is 18.6 Å². The van der Waals surface area contributed by atoms with Crippen molar-refractivity contribution in [3.8, 4) is 5.75 Å². The first kappa shape index (κ1) is 17.3. The van der Waals surface area contributed by atoms with Crippen LogP contribution in [0.25, 0.3) is 6.08 Å². The first-order valence-electron chi connectivity index (χ1n) is 7.53. The summed E-state index contributed by atoms with van der Waals surface area (Å²) in [6, 6.07) is 6.91. The Hall–Kier alpha value is -2.02. The van der Waals surface area contributed by atoms with Gasteiger partial charge in [-0.3, -0.25) is 0 Å². The molecule has 0 saturated carbocycles. The number of ether oxygens (including phenoxy) is 1. The van der Waals surface area contributed by atoms with Crippen molar-refractivity contribution in [1.29, 1.82) is 0 Å². The number of nitrogens with one attached hydrogen (secondary N) is 1. The van der Waals surface area contributed by atoms with E-state index in [4.69, 9.17) is 4.74 Å². The molecule has 1 N–H and O–H groups in total. The van der Waals surface area contributed by atoms with Crippen LogP contribution in [0.5, 0.6) is 5.75 Å². The summed E-state index contributed by atoms with van der Waals surface area (Å²) in [5.74, 6) is 0.977. The van der Waals surface area contributed by atoms with E-state index in [0.29, 0.717) is 13.0 Å². The first-order chi connectivity index (χ1) is 10.9. The summed E-state index contributed by atoms with van der Waals surface area (Å²) in [6.45, 7) is 2.32. The Labute approximate surface area is 137 Å². The molecule has 1 aliphatic heterocycles. The van der Waals surface area contributed by atoms with Crippen LogP contribution in [0, 0.1) is 0 Å². The molecule has 1 aromatic rings. The van der Waals surface area contributed by atoms with Gasteiger partial charge in [-0.1, -0.05) is 12.1 Å². The Balaban J connectivity index is 1.93. The van der Waals surface area contributed by atoms with E-state index >= 15 is 0 Å². The molecule has 2 rings (SSSR count). The van der Waals surface area contributed by atoms with Gasteiger partial charge in [-0.15, -0.1) is 0 Å². The number of sulfone groups is 1. The lowest BCUT2D eigenvalue weighted by atomic mass is 10.2. The molecular formula is C16H22N2O4S. The van der Waals surface area contributed by atoms with Crippen LogP contribution in [0.15, 0.2) is 30.5 Å². The second kappa shape index (κ2) is 7.50. The molecular weight excluding hydrogens is 316 g/mol. The minimum Gasteiger partial charge on any atom is -0.497 e. The van der Waals surface area contributed by atoms with Gasteiger partial charge in [-0.05, 0) is 37.1 Å². The number of rotatable bonds is 5. The molecule has 6 nitrogen and oxygen atoms in total. The minimum atomic E-state index is -3.01. The van der Waals surface area contributed by atoms with Crippen LogP contribution in [0.3, 0.4) is 0 Å². The maximum Gasteiger partial charge on any atom is 0.321 e. The Bertz CT molecular complexity index is 668. The van der Waals surface area contributed by atoms with Gasteiger partial charge in [-0.25, -0.2) is 13.2 Å². The molecule has 1 fully saturated rings. The Morgan fingerprint density at radius 3 is 2.61 bits per heavy atom. The zero-order valence-electron chi connectivity index (χ0n) is 13.4. The molecule has 7 heteroatoms. The molecule has 126 valence electrons. The van der Waals surface area contributed by atoms with E-state index in [0.717, 1.165) is 11.3 Å². The Morgan fingerprint density at radius 1 is 1.39 bits per heavy atom. The van der Waals surface area contributed by atoms with E-state index in [1.165, 1.54) is 0 Å². The highest BCUT2D eigenvalue weighted by Crippen LogP contribution is 2.17. The molecule has 1 unspecified atom stereocenters. The summed E-state index contributed by atoms with van der Waals surface area (Å²) < 4.78 is 28.2. The Morgan fingerprint density at radius 2 is 2.09 bits per heavy atom. The van der Waals surface area contributed by atoms with E-state index in [1.54, 1.807) is 24.3 Å². The highest BCUT2D eigenvalue weighted by Gasteiger charge is 2.33. The fourth-order valence-electron chi connectivity index (χ4n) is 2.60. The van der Waals surface area contributed by atoms with E-state index in [2.05, 4.69) is 5.32 Å². The zero-order valence-corrected chi connectivity index (χ0v) is 14.2. The number of carbonyl (C=O) groups excluding carboxylic acids is 1. The topological polar surface area (TPSA) is 75.7 Å². The lowest BCUT2D eigenvalue weighted by Gasteiger charge is -2.26. The average Bonchev–Trinajstić information content (AvgIpc) is 2.88. The van der Waals surface area contributed by atoms with Crippen molar-refractivity contribution in [2.45, 2.75) is 19.4 Å². The van der Waals surface area contributed by atoms with Gasteiger partial charge in [0.1, 0.15) is 5.75 Å². The Kier molecular flexibility index (Phi) is 5.65. The molecule has 0 bridgehead atoms. The number of amides is 2. The van der Waals surface area contributed by atoms with Crippen molar-refractivity contribution in [3.05, 3.63) is 36.0 Å². The molecule has 0 aromatic heterocycles. The van der Waals surface area contributed by atoms with E-state index in [-0.39, 0.29) is 23.6 Å². The molecule has 1 saturated heterocycles. The average molecular weight is 338 g/mol. The van der Waals surface area contributed by atoms with Crippen LogP contribution < -0.4 is 10.1 Å². The van der Waals surface area contributed by atoms with Crippen LogP contribution in [0.1, 0.15) is 18.9 Å². The largest absolute Gasteiger partial charge is 0.497 e. The van der Waals surface area contributed by atoms with Crippen molar-refractivity contribution in [2.24, 2.45) is 0 Å². The third kappa shape index (κ3) is 4.72. The molecule has 1 aromatic carbocycles. The molecule has 0 aliphatic carbocycles. The van der Waals surface area contributed by atoms with Gasteiger partial charge in [0, 0.05) is 18.8 Å². The zero-order chi connectivity index (χ0) is 16.9. The van der Waals surface area contributed by atoms with Gasteiger partial charge in [0.15, 0.2) is 9.84 Å². The number of nitrogens with zero attached hydrogens (tertiary/aromatic N) is 1. The third-order valence-electron chi connectivity index (χ3n) is 3.85. The molecule has 1 heterocycles. The molecule has 1 atom stereocenters. The quantitative estimate of drug-likeness (QED) is 0.889. The highest BCUT2D eigenvalue weighted by molar-refractivity contribution is 7.91. The monoisotopic (exact) mass is 338 g/mol. The fourth-order valence-corrected chi connectivity index (χ4v) is 4.33. The van der Waals surface area contributed by atoms with Crippen molar-refractivity contribution >= 4 is 21.9 Å². The number of methoxy groups -OCH3 is 1. The van der Waals surface area contributed by atoms with Crippen molar-refractivity contribution in [2.75, 3.05) is 25.2 Å². The second-order valence-corrected chi connectivity index (χ2v) is 7.63. The second-order valence-electron chi connectivity index (χ2n) is 5.40. The molecule has 2 amide bonds. The summed E-state index contributed by atoms with van der Waals surface area (Å²) in [5, 5.41) is 2.70. The summed E-state index contributed by atoms with van der Waals surface area (Å²) in [7, 11) is -1.40. The van der Waals surface area contributed by atoms with E-state index in [9.17, 15) is 13.2 Å². The predicted octanol–water partition coefficient (Wildman–Crippen LogP) is 1.88. The smallest absolute Gasteiger partial charge is 0.321 e. The minimum absolute atomic E-state index is 0.0520. The number of carbonyl (C=O) groups is 1. The number of urea groups is 1. The van der Waals surface area contributed by atoms with Gasteiger partial charge in [0.2, 0.25) is 0 Å². The number of hydrogen-bond acceptors (Lipinski definition) is 4. The van der Waals surface area contributed by atoms with E-state index < -0.39 is 9.84 Å². The first-order valence-corrected chi connectivity index (χ1v) is 9.35. The number of hydrogen-bond donors (Lipinski definition) is 1. The summed E-state index contributed by atoms with van der Waals surface area (Å²) in [4.78, 5) is 13.8. The van der Waals surface area contributed by atoms with Gasteiger partial charge in [-0.2, -0.15) is 0 Å². The standard InChI is InChI=1S/C16H22N2O4S/c1-3-18(14-9-11-23(20,21)12-14)16(19)17-10-8-13-4-6-15(22-2)7-5-13/h4-8,10,14H,3,9,11-12H2,1-2H3,(H,17,19)/b10-8+. The van der Waals surface area contributed by atoms with Gasteiger partial charge in [0.25, 0.3) is 0 Å². The van der Waals surface area contributed by atoms with Gasteiger partial charge < -0.3 is 15.0 Å². The normalized spacial score (nSPS) is 19.7. The van der Waals surface area contributed by atoms with Crippen LogP contribution in [-0.4, -0.2) is 50.6 Å². The fraction of sp³-hybridized carbons (Fsp3) is 0.438. The summed E-state index contributed by atoms with van der Waals surface area (Å²) in [5.41, 5.74) is 0.928. The molecule has 0 radical (unpaired) electrons. The maximum absolute atomic E-state index is 12.2. The highest BCUT2D eigenvalue weighted by atomic mass is 32.2. The molecule has 23 heavy (non-hydrogen) atoms. The summed E-state index contributed by atoms with van der Waals surface area (Å²) >= 11 is 0. The lowest BCUT2D eigenvalue weighted by molar-refractivity contribution is 0.187. The van der Waals surface area contributed by atoms with Crippen molar-refractivity contribution < 1.29 is 17.9 Å². The maximum atomic E-state index is 12.2.